The van der Waals surface area contributed by atoms with Gasteiger partial charge in [-0.3, -0.25) is 9.78 Å². The molecular formula is C21H22FN7O2. The molecule has 160 valence electrons. The first-order chi connectivity index (χ1) is 15.1. The van der Waals surface area contributed by atoms with E-state index in [1.807, 2.05) is 33.9 Å². The molecule has 1 atom stereocenters. The highest BCUT2D eigenvalue weighted by Crippen LogP contribution is 2.40. The fourth-order valence-corrected chi connectivity index (χ4v) is 4.21. The first-order valence-corrected chi connectivity index (χ1v) is 10.2. The van der Waals surface area contributed by atoms with E-state index in [1.54, 1.807) is 12.4 Å². The smallest absolute Gasteiger partial charge is 0.251 e. The van der Waals surface area contributed by atoms with E-state index in [9.17, 15) is 9.18 Å². The van der Waals surface area contributed by atoms with E-state index in [2.05, 4.69) is 25.3 Å². The summed E-state index contributed by atoms with van der Waals surface area (Å²) in [7, 11) is 0. The second-order valence-electron chi connectivity index (χ2n) is 7.73. The highest BCUT2D eigenvalue weighted by Gasteiger charge is 2.47. The Bertz CT molecular complexity index is 1050. The van der Waals surface area contributed by atoms with Gasteiger partial charge < -0.3 is 19.5 Å². The van der Waals surface area contributed by atoms with Crippen molar-refractivity contribution >= 4 is 11.9 Å². The van der Waals surface area contributed by atoms with E-state index >= 15 is 0 Å². The molecule has 2 aliphatic heterocycles. The molecule has 3 aromatic rings. The number of anilines is 1. The predicted octanol–water partition coefficient (Wildman–Crippen LogP) is 1.42. The Morgan fingerprint density at radius 2 is 1.97 bits per heavy atom. The number of ether oxygens (including phenoxy) is 1. The fraction of sp³-hybridized carbons (Fsp3) is 0.381. The van der Waals surface area contributed by atoms with Crippen LogP contribution in [0.15, 0.2) is 49.2 Å². The van der Waals surface area contributed by atoms with Crippen LogP contribution in [0.4, 0.5) is 10.3 Å². The minimum Gasteiger partial charge on any atom is -0.352 e. The van der Waals surface area contributed by atoms with Gasteiger partial charge in [0.25, 0.3) is 5.91 Å². The van der Waals surface area contributed by atoms with Crippen molar-refractivity contribution in [2.75, 3.05) is 18.0 Å². The molecule has 3 aromatic heterocycles. The van der Waals surface area contributed by atoms with Gasteiger partial charge in [0.2, 0.25) is 5.95 Å². The van der Waals surface area contributed by atoms with Crippen LogP contribution in [0.5, 0.6) is 0 Å². The summed E-state index contributed by atoms with van der Waals surface area (Å²) in [6.45, 7) is 1.98. The molecule has 2 aliphatic rings. The van der Waals surface area contributed by atoms with Crippen molar-refractivity contribution in [3.8, 4) is 0 Å². The second-order valence-corrected chi connectivity index (χ2v) is 7.73. The van der Waals surface area contributed by atoms with Crippen LogP contribution in [0.25, 0.3) is 0 Å². The van der Waals surface area contributed by atoms with Crippen molar-refractivity contribution in [3.05, 3.63) is 66.5 Å². The van der Waals surface area contributed by atoms with Crippen LogP contribution in [0.3, 0.4) is 0 Å². The summed E-state index contributed by atoms with van der Waals surface area (Å²) in [5.41, 5.74) is 0.128. The summed E-state index contributed by atoms with van der Waals surface area (Å²) in [5.74, 6) is 0.684. The number of nitrogens with zero attached hydrogens (tertiary/aromatic N) is 6. The summed E-state index contributed by atoms with van der Waals surface area (Å²) in [5, 5.41) is 2.93. The summed E-state index contributed by atoms with van der Waals surface area (Å²) in [6.07, 6.45) is 8.27. The van der Waals surface area contributed by atoms with Crippen LogP contribution >= 0.6 is 0 Å². The molecular weight excluding hydrogens is 401 g/mol. The largest absolute Gasteiger partial charge is 0.352 e. The topological polar surface area (TPSA) is 98.1 Å². The van der Waals surface area contributed by atoms with Gasteiger partial charge in [-0.15, -0.1) is 0 Å². The number of halogens is 1. The third-order valence-electron chi connectivity index (χ3n) is 5.78. The van der Waals surface area contributed by atoms with Gasteiger partial charge in [0, 0.05) is 44.5 Å². The molecule has 0 radical (unpaired) electrons. The Morgan fingerprint density at radius 1 is 1.16 bits per heavy atom. The first kappa shape index (κ1) is 19.6. The Hall–Kier alpha value is -3.40. The molecule has 1 saturated heterocycles. The number of piperidine rings is 1. The molecule has 0 aliphatic carbocycles. The van der Waals surface area contributed by atoms with Gasteiger partial charge in [-0.2, -0.15) is 0 Å². The number of nitrogens with one attached hydrogen (secondary N) is 1. The molecule has 0 saturated carbocycles. The summed E-state index contributed by atoms with van der Waals surface area (Å²) in [6, 6.07) is 5.59. The lowest BCUT2D eigenvalue weighted by atomic mass is 9.88. The minimum absolute atomic E-state index is 0.173. The Balaban J connectivity index is 1.30. The molecule has 1 amide bonds. The number of aromatic nitrogens is 5. The zero-order chi connectivity index (χ0) is 21.3. The monoisotopic (exact) mass is 423 g/mol. The number of pyridine rings is 1. The van der Waals surface area contributed by atoms with E-state index in [0.717, 1.165) is 11.5 Å². The average Bonchev–Trinajstić information content (AvgIpc) is 3.29. The van der Waals surface area contributed by atoms with Crippen LogP contribution in [0.2, 0.25) is 0 Å². The lowest BCUT2D eigenvalue weighted by Crippen LogP contribution is -2.54. The Labute approximate surface area is 178 Å². The maximum absolute atomic E-state index is 13.1. The van der Waals surface area contributed by atoms with Crippen LogP contribution < -0.4 is 10.2 Å². The second kappa shape index (κ2) is 8.03. The van der Waals surface area contributed by atoms with Crippen molar-refractivity contribution in [3.63, 3.8) is 0 Å². The van der Waals surface area contributed by atoms with Gasteiger partial charge in [-0.25, -0.2) is 19.3 Å². The molecule has 10 heteroatoms. The van der Waals surface area contributed by atoms with E-state index in [0.29, 0.717) is 45.0 Å². The Kier molecular flexibility index (Phi) is 5.06. The number of imidazole rings is 1. The first-order valence-electron chi connectivity index (χ1n) is 10.2. The molecule has 9 nitrogen and oxygen atoms in total. The van der Waals surface area contributed by atoms with Crippen molar-refractivity contribution < 1.29 is 13.9 Å². The minimum atomic E-state index is -0.661. The highest BCUT2D eigenvalue weighted by molar-refractivity contribution is 5.80. The lowest BCUT2D eigenvalue weighted by Gasteiger charge is -2.45. The van der Waals surface area contributed by atoms with Gasteiger partial charge in [0.15, 0.2) is 11.9 Å². The molecule has 5 heterocycles. The number of carbonyl (C=O) groups is 1. The van der Waals surface area contributed by atoms with Gasteiger partial charge in [-0.1, -0.05) is 6.07 Å². The van der Waals surface area contributed by atoms with Crippen LogP contribution in [-0.2, 0) is 28.2 Å². The average molecular weight is 423 g/mol. The van der Waals surface area contributed by atoms with E-state index in [4.69, 9.17) is 4.74 Å². The van der Waals surface area contributed by atoms with Crippen LogP contribution in [0.1, 0.15) is 24.4 Å². The number of fused-ring (bicyclic) bond motifs is 2. The van der Waals surface area contributed by atoms with E-state index < -0.39 is 17.5 Å². The molecule has 31 heavy (non-hydrogen) atoms. The lowest BCUT2D eigenvalue weighted by molar-refractivity contribution is -0.167. The van der Waals surface area contributed by atoms with Gasteiger partial charge in [0.05, 0.1) is 31.2 Å². The molecule has 0 bridgehead atoms. The quantitative estimate of drug-likeness (QED) is 0.678. The maximum Gasteiger partial charge on any atom is 0.251 e. The third-order valence-corrected chi connectivity index (χ3v) is 5.78. The molecule has 5 rings (SSSR count). The van der Waals surface area contributed by atoms with Gasteiger partial charge >= 0.3 is 0 Å². The summed E-state index contributed by atoms with van der Waals surface area (Å²) < 4.78 is 21.6. The van der Waals surface area contributed by atoms with Gasteiger partial charge in [-0.05, 0) is 12.1 Å². The number of amides is 1. The normalized spacial score (nSPS) is 19.8. The molecule has 0 unspecified atom stereocenters. The standard InChI is InChI=1S/C21H22FN7O2/c22-15-11-26-20(27-12-15)28-8-4-21(5-9-28)19-24-7-10-29(19)14-17(31-21)18(30)25-13-16-3-1-2-6-23-16/h1-3,6-7,10-12,17H,4-5,8-9,13-14H2,(H,25,30)/t17-/m0/s1. The van der Waals surface area contributed by atoms with Crippen molar-refractivity contribution in [1.29, 1.82) is 0 Å². The molecule has 1 spiro atoms. The van der Waals surface area contributed by atoms with Crippen molar-refractivity contribution in [2.24, 2.45) is 0 Å². The predicted molar refractivity (Wildman–Crippen MR) is 108 cm³/mol. The van der Waals surface area contributed by atoms with Crippen LogP contribution in [0, 0.1) is 5.82 Å². The third kappa shape index (κ3) is 3.86. The van der Waals surface area contributed by atoms with Crippen molar-refractivity contribution in [2.45, 2.75) is 37.6 Å². The van der Waals surface area contributed by atoms with E-state index in [-0.39, 0.29) is 5.91 Å². The number of hydrogen-bond donors (Lipinski definition) is 1. The number of hydrogen-bond acceptors (Lipinski definition) is 7. The fourth-order valence-electron chi connectivity index (χ4n) is 4.21. The summed E-state index contributed by atoms with van der Waals surface area (Å²) in [4.78, 5) is 31.8. The Morgan fingerprint density at radius 3 is 2.71 bits per heavy atom. The molecule has 0 aromatic carbocycles. The maximum atomic E-state index is 13.1. The summed E-state index contributed by atoms with van der Waals surface area (Å²) >= 11 is 0. The zero-order valence-corrected chi connectivity index (χ0v) is 16.8. The van der Waals surface area contributed by atoms with Crippen LogP contribution in [-0.4, -0.2) is 49.6 Å². The molecule has 1 fully saturated rings. The highest BCUT2D eigenvalue weighted by atomic mass is 19.1. The van der Waals surface area contributed by atoms with Crippen molar-refractivity contribution in [1.82, 2.24) is 29.8 Å². The SMILES string of the molecule is O=C(NCc1ccccn1)[C@@H]1Cn2ccnc2C2(CCN(c3ncc(F)cn3)CC2)O1. The zero-order valence-electron chi connectivity index (χ0n) is 16.8. The van der Waals surface area contributed by atoms with E-state index in [1.165, 1.54) is 12.4 Å². The number of carbonyl (C=O) groups excluding carboxylic acids is 1. The van der Waals surface area contributed by atoms with Gasteiger partial charge in [0.1, 0.15) is 11.4 Å². The molecule has 1 N–H and O–H groups in total. The number of rotatable bonds is 4.